The van der Waals surface area contributed by atoms with Gasteiger partial charge in [-0.15, -0.1) is 0 Å². The highest BCUT2D eigenvalue weighted by molar-refractivity contribution is 5.92. The van der Waals surface area contributed by atoms with Gasteiger partial charge in [-0.05, 0) is 35.9 Å². The Morgan fingerprint density at radius 2 is 2.00 bits per heavy atom. The van der Waals surface area contributed by atoms with Crippen LogP contribution in [0.1, 0.15) is 11.1 Å². The Bertz CT molecular complexity index is 835. The van der Waals surface area contributed by atoms with Gasteiger partial charge in [0.25, 0.3) is 0 Å². The zero-order valence-corrected chi connectivity index (χ0v) is 13.6. The molecule has 1 saturated heterocycles. The molecule has 0 spiro atoms. The van der Waals surface area contributed by atoms with Crippen molar-refractivity contribution in [2.24, 2.45) is 0 Å². The molecule has 1 aliphatic rings. The molecule has 1 aromatic heterocycles. The van der Waals surface area contributed by atoms with Crippen LogP contribution in [0.4, 0.5) is 10.2 Å². The van der Waals surface area contributed by atoms with Crippen molar-refractivity contribution in [3.8, 4) is 6.07 Å². The summed E-state index contributed by atoms with van der Waals surface area (Å²) in [5.74, 6) is 0.227. The predicted molar refractivity (Wildman–Crippen MR) is 93.2 cm³/mol. The van der Waals surface area contributed by atoms with Gasteiger partial charge in [0, 0.05) is 38.5 Å². The maximum atomic E-state index is 13.1. The fourth-order valence-electron chi connectivity index (χ4n) is 2.76. The molecule has 0 bridgehead atoms. The molecule has 1 amide bonds. The molecule has 1 aromatic carbocycles. The average molecular weight is 336 g/mol. The second-order valence-corrected chi connectivity index (χ2v) is 5.69. The van der Waals surface area contributed by atoms with Crippen LogP contribution in [-0.4, -0.2) is 42.0 Å². The van der Waals surface area contributed by atoms with Crippen molar-refractivity contribution >= 4 is 17.8 Å². The fraction of sp³-hybridized carbons (Fsp3) is 0.211. The lowest BCUT2D eigenvalue weighted by Gasteiger charge is -2.35. The molecular weight excluding hydrogens is 319 g/mol. The van der Waals surface area contributed by atoms with Crippen LogP contribution in [0.2, 0.25) is 0 Å². The second-order valence-electron chi connectivity index (χ2n) is 5.69. The normalized spacial score (nSPS) is 14.6. The number of carbonyl (C=O) groups excluding carboxylic acids is 1. The molecule has 1 aliphatic heterocycles. The number of nitrogens with zero attached hydrogens (tertiary/aromatic N) is 4. The van der Waals surface area contributed by atoms with E-state index in [1.54, 1.807) is 41.4 Å². The van der Waals surface area contributed by atoms with Crippen LogP contribution in [0.15, 0.2) is 48.7 Å². The van der Waals surface area contributed by atoms with E-state index in [1.165, 1.54) is 18.2 Å². The topological polar surface area (TPSA) is 60.2 Å². The summed E-state index contributed by atoms with van der Waals surface area (Å²) in [6.45, 7) is 2.33. The Labute approximate surface area is 145 Å². The first-order valence-electron chi connectivity index (χ1n) is 8.00. The van der Waals surface area contributed by atoms with Crippen LogP contribution in [0.5, 0.6) is 0 Å². The van der Waals surface area contributed by atoms with E-state index in [0.29, 0.717) is 43.1 Å². The number of aromatic nitrogens is 1. The van der Waals surface area contributed by atoms with Gasteiger partial charge in [-0.1, -0.05) is 12.1 Å². The third-order valence-corrected chi connectivity index (χ3v) is 4.07. The van der Waals surface area contributed by atoms with Crippen LogP contribution in [-0.2, 0) is 4.79 Å². The molecule has 0 radical (unpaired) electrons. The number of carbonyl (C=O) groups is 1. The molecule has 3 rings (SSSR count). The molecule has 0 saturated carbocycles. The van der Waals surface area contributed by atoms with E-state index in [9.17, 15) is 9.18 Å². The number of benzene rings is 1. The lowest BCUT2D eigenvalue weighted by molar-refractivity contribution is -0.126. The molecule has 0 N–H and O–H groups in total. The van der Waals surface area contributed by atoms with Gasteiger partial charge in [0.15, 0.2) is 0 Å². The SMILES string of the molecule is N#Cc1cccnc1N1CCN(C(=O)/C=C/c2cccc(F)c2)CC1. The molecule has 2 aromatic rings. The number of anilines is 1. The summed E-state index contributed by atoms with van der Waals surface area (Å²) in [5.41, 5.74) is 1.19. The van der Waals surface area contributed by atoms with Gasteiger partial charge < -0.3 is 9.80 Å². The summed E-state index contributed by atoms with van der Waals surface area (Å²) in [4.78, 5) is 20.3. The van der Waals surface area contributed by atoms with Crippen LogP contribution in [0.3, 0.4) is 0 Å². The Kier molecular flexibility index (Phi) is 5.05. The smallest absolute Gasteiger partial charge is 0.246 e. The second kappa shape index (κ2) is 7.58. The van der Waals surface area contributed by atoms with Gasteiger partial charge in [0.05, 0.1) is 5.56 Å². The fourth-order valence-corrected chi connectivity index (χ4v) is 2.76. The van der Waals surface area contributed by atoms with E-state index < -0.39 is 0 Å². The summed E-state index contributed by atoms with van der Waals surface area (Å²) in [6, 6.07) is 11.7. The summed E-state index contributed by atoms with van der Waals surface area (Å²) in [5, 5.41) is 9.17. The van der Waals surface area contributed by atoms with Gasteiger partial charge in [0.1, 0.15) is 17.7 Å². The Balaban J connectivity index is 1.60. The number of amides is 1. The van der Waals surface area contributed by atoms with E-state index in [2.05, 4.69) is 11.1 Å². The minimum Gasteiger partial charge on any atom is -0.352 e. The van der Waals surface area contributed by atoms with Crippen LogP contribution >= 0.6 is 0 Å². The molecule has 0 unspecified atom stereocenters. The number of pyridine rings is 1. The van der Waals surface area contributed by atoms with E-state index in [0.717, 1.165) is 0 Å². The number of nitriles is 1. The van der Waals surface area contributed by atoms with Crippen LogP contribution in [0.25, 0.3) is 6.08 Å². The highest BCUT2D eigenvalue weighted by atomic mass is 19.1. The zero-order chi connectivity index (χ0) is 17.6. The lowest BCUT2D eigenvalue weighted by Crippen LogP contribution is -2.48. The van der Waals surface area contributed by atoms with E-state index in [-0.39, 0.29) is 11.7 Å². The van der Waals surface area contributed by atoms with E-state index in [4.69, 9.17) is 5.26 Å². The maximum absolute atomic E-state index is 13.1. The average Bonchev–Trinajstić information content (AvgIpc) is 2.66. The number of rotatable bonds is 3. The highest BCUT2D eigenvalue weighted by Gasteiger charge is 2.22. The third kappa shape index (κ3) is 4.01. The molecule has 25 heavy (non-hydrogen) atoms. The largest absolute Gasteiger partial charge is 0.352 e. The van der Waals surface area contributed by atoms with Crippen LogP contribution < -0.4 is 4.90 Å². The molecule has 5 nitrogen and oxygen atoms in total. The Morgan fingerprint density at radius 1 is 1.20 bits per heavy atom. The van der Waals surface area contributed by atoms with Gasteiger partial charge in [-0.25, -0.2) is 9.37 Å². The Hall–Kier alpha value is -3.20. The van der Waals surface area contributed by atoms with Crippen molar-refractivity contribution < 1.29 is 9.18 Å². The summed E-state index contributed by atoms with van der Waals surface area (Å²) < 4.78 is 13.1. The summed E-state index contributed by atoms with van der Waals surface area (Å²) in [6.07, 6.45) is 4.74. The minimum atomic E-state index is -0.327. The van der Waals surface area contributed by atoms with Crippen molar-refractivity contribution in [2.75, 3.05) is 31.1 Å². The first kappa shape index (κ1) is 16.7. The number of piperazine rings is 1. The van der Waals surface area contributed by atoms with Crippen molar-refractivity contribution in [3.63, 3.8) is 0 Å². The standard InChI is InChI=1S/C19H17FN4O/c20-17-5-1-3-15(13-17)6-7-18(25)23-9-11-24(12-10-23)19-16(14-21)4-2-8-22-19/h1-8,13H,9-12H2/b7-6+. The molecule has 6 heteroatoms. The van der Waals surface area contributed by atoms with Gasteiger partial charge in [-0.2, -0.15) is 5.26 Å². The first-order valence-corrected chi connectivity index (χ1v) is 8.00. The predicted octanol–water partition coefficient (Wildman–Crippen LogP) is 2.45. The number of halogens is 1. The molecule has 0 aliphatic carbocycles. The first-order chi connectivity index (χ1) is 12.2. The van der Waals surface area contributed by atoms with Gasteiger partial charge >= 0.3 is 0 Å². The van der Waals surface area contributed by atoms with E-state index in [1.807, 2.05) is 4.90 Å². The van der Waals surface area contributed by atoms with Crippen molar-refractivity contribution in [1.82, 2.24) is 9.88 Å². The zero-order valence-electron chi connectivity index (χ0n) is 13.6. The van der Waals surface area contributed by atoms with Gasteiger partial charge in [0.2, 0.25) is 5.91 Å². The number of hydrogen-bond donors (Lipinski definition) is 0. The third-order valence-electron chi connectivity index (χ3n) is 4.07. The summed E-state index contributed by atoms with van der Waals surface area (Å²) >= 11 is 0. The maximum Gasteiger partial charge on any atom is 0.246 e. The van der Waals surface area contributed by atoms with Crippen molar-refractivity contribution in [2.45, 2.75) is 0 Å². The van der Waals surface area contributed by atoms with E-state index >= 15 is 0 Å². The molecule has 2 heterocycles. The molecule has 0 atom stereocenters. The minimum absolute atomic E-state index is 0.106. The quantitative estimate of drug-likeness (QED) is 0.808. The van der Waals surface area contributed by atoms with Crippen LogP contribution in [0, 0.1) is 17.1 Å². The Morgan fingerprint density at radius 3 is 2.72 bits per heavy atom. The lowest BCUT2D eigenvalue weighted by atomic mass is 10.2. The molecule has 1 fully saturated rings. The molecular formula is C19H17FN4O. The summed E-state index contributed by atoms with van der Waals surface area (Å²) in [7, 11) is 0. The monoisotopic (exact) mass is 336 g/mol. The molecule has 126 valence electrons. The highest BCUT2D eigenvalue weighted by Crippen LogP contribution is 2.18. The van der Waals surface area contributed by atoms with Crippen molar-refractivity contribution in [1.29, 1.82) is 5.26 Å². The van der Waals surface area contributed by atoms with Gasteiger partial charge in [-0.3, -0.25) is 4.79 Å². The van der Waals surface area contributed by atoms with Crippen molar-refractivity contribution in [3.05, 3.63) is 65.6 Å². The number of hydrogen-bond acceptors (Lipinski definition) is 4.